The number of ether oxygens (including phenoxy) is 1. The van der Waals surface area contributed by atoms with E-state index in [1.54, 1.807) is 0 Å². The van der Waals surface area contributed by atoms with E-state index in [2.05, 4.69) is 19.2 Å². The molecule has 4 heteroatoms. The summed E-state index contributed by atoms with van der Waals surface area (Å²) in [5.41, 5.74) is 0. The van der Waals surface area contributed by atoms with Crippen LogP contribution in [0.1, 0.15) is 26.7 Å². The van der Waals surface area contributed by atoms with Gasteiger partial charge in [-0.25, -0.2) is 0 Å². The van der Waals surface area contributed by atoms with Gasteiger partial charge in [0.25, 0.3) is 0 Å². The highest BCUT2D eigenvalue weighted by Gasteiger charge is 2.24. The minimum absolute atomic E-state index is 0.177. The molecule has 3 unspecified atom stereocenters. The molecule has 1 fully saturated rings. The molecule has 1 heterocycles. The lowest BCUT2D eigenvalue weighted by Gasteiger charge is -2.32. The molecule has 0 spiro atoms. The summed E-state index contributed by atoms with van der Waals surface area (Å²) in [6, 6.07) is 0.410. The van der Waals surface area contributed by atoms with Crippen molar-refractivity contribution in [3.8, 4) is 0 Å². The van der Waals surface area contributed by atoms with E-state index >= 15 is 0 Å². The molecule has 0 bridgehead atoms. The van der Waals surface area contributed by atoms with Gasteiger partial charge in [-0.15, -0.1) is 0 Å². The summed E-state index contributed by atoms with van der Waals surface area (Å²) in [7, 11) is 0. The smallest absolute Gasteiger partial charge is 0.0895 e. The average molecular weight is 217 g/mol. The van der Waals surface area contributed by atoms with Crippen LogP contribution in [0.3, 0.4) is 0 Å². The Balaban J connectivity index is 2.24. The van der Waals surface area contributed by atoms with Crippen molar-refractivity contribution in [1.29, 1.82) is 0 Å². The van der Waals surface area contributed by atoms with E-state index in [9.17, 15) is 5.11 Å². The maximum Gasteiger partial charge on any atom is 0.0895 e. The van der Waals surface area contributed by atoms with Gasteiger partial charge in [0, 0.05) is 19.2 Å². The summed E-state index contributed by atoms with van der Waals surface area (Å²) in [6.07, 6.45) is 1.66. The van der Waals surface area contributed by atoms with E-state index < -0.39 is 6.10 Å². The largest absolute Gasteiger partial charge is 0.394 e. The summed E-state index contributed by atoms with van der Waals surface area (Å²) in [5, 5.41) is 21.2. The van der Waals surface area contributed by atoms with Crippen molar-refractivity contribution in [2.24, 2.45) is 5.92 Å². The minimum atomic E-state index is -0.648. The van der Waals surface area contributed by atoms with Crippen molar-refractivity contribution in [3.05, 3.63) is 0 Å². The number of aliphatic hydroxyl groups is 2. The Morgan fingerprint density at radius 1 is 1.47 bits per heavy atom. The summed E-state index contributed by atoms with van der Waals surface area (Å²) in [6.45, 7) is 5.40. The second-order valence-electron chi connectivity index (χ2n) is 4.62. The van der Waals surface area contributed by atoms with Crippen molar-refractivity contribution in [3.63, 3.8) is 0 Å². The van der Waals surface area contributed by atoms with E-state index in [-0.39, 0.29) is 6.61 Å². The number of rotatable bonds is 5. The van der Waals surface area contributed by atoms with Gasteiger partial charge in [0.05, 0.1) is 18.8 Å². The summed E-state index contributed by atoms with van der Waals surface area (Å²) >= 11 is 0. The molecule has 90 valence electrons. The number of nitrogens with one attached hydrogen (secondary N) is 1. The molecule has 1 aliphatic heterocycles. The zero-order chi connectivity index (χ0) is 11.3. The van der Waals surface area contributed by atoms with Crippen LogP contribution in [0.2, 0.25) is 0 Å². The Labute approximate surface area is 91.6 Å². The lowest BCUT2D eigenvalue weighted by molar-refractivity contribution is -0.0265. The third-order valence-electron chi connectivity index (χ3n) is 2.91. The molecule has 1 rings (SSSR count). The molecule has 3 atom stereocenters. The predicted molar refractivity (Wildman–Crippen MR) is 58.7 cm³/mol. The van der Waals surface area contributed by atoms with Crippen LogP contribution in [0.4, 0.5) is 0 Å². The second-order valence-corrected chi connectivity index (χ2v) is 4.62. The van der Waals surface area contributed by atoms with Crippen molar-refractivity contribution < 1.29 is 14.9 Å². The van der Waals surface area contributed by atoms with Gasteiger partial charge in [0.15, 0.2) is 0 Å². The van der Waals surface area contributed by atoms with E-state index in [0.717, 1.165) is 19.4 Å². The van der Waals surface area contributed by atoms with Gasteiger partial charge in [0.1, 0.15) is 0 Å². The second kappa shape index (κ2) is 6.43. The van der Waals surface area contributed by atoms with E-state index in [1.165, 1.54) is 0 Å². The highest BCUT2D eigenvalue weighted by atomic mass is 16.5. The molecule has 4 nitrogen and oxygen atoms in total. The molecule has 3 N–H and O–H groups in total. The van der Waals surface area contributed by atoms with E-state index in [4.69, 9.17) is 9.84 Å². The molecule has 1 aliphatic rings. The maximum atomic E-state index is 9.22. The van der Waals surface area contributed by atoms with Crippen molar-refractivity contribution in [2.45, 2.75) is 44.9 Å². The van der Waals surface area contributed by atoms with Crippen LogP contribution in [-0.2, 0) is 4.74 Å². The zero-order valence-electron chi connectivity index (χ0n) is 9.65. The molecular weight excluding hydrogens is 194 g/mol. The lowest BCUT2D eigenvalue weighted by Crippen LogP contribution is -2.44. The summed E-state index contributed by atoms with van der Waals surface area (Å²) in [4.78, 5) is 0. The van der Waals surface area contributed by atoms with E-state index in [1.807, 2.05) is 0 Å². The Morgan fingerprint density at radius 3 is 2.80 bits per heavy atom. The van der Waals surface area contributed by atoms with Crippen LogP contribution in [0, 0.1) is 5.92 Å². The van der Waals surface area contributed by atoms with Crippen LogP contribution in [0.5, 0.6) is 0 Å². The van der Waals surface area contributed by atoms with Crippen LogP contribution >= 0.6 is 0 Å². The average Bonchev–Trinajstić information content (AvgIpc) is 2.26. The molecule has 0 amide bonds. The molecule has 0 aromatic heterocycles. The third kappa shape index (κ3) is 4.47. The SMILES string of the molecule is CC(C)C1CC(NCC(O)CO)CCO1. The fourth-order valence-corrected chi connectivity index (χ4v) is 1.85. The topological polar surface area (TPSA) is 61.7 Å². The maximum absolute atomic E-state index is 9.22. The number of hydrogen-bond acceptors (Lipinski definition) is 4. The first-order valence-electron chi connectivity index (χ1n) is 5.77. The number of hydrogen-bond donors (Lipinski definition) is 3. The third-order valence-corrected chi connectivity index (χ3v) is 2.91. The Bertz CT molecular complexity index is 175. The fraction of sp³-hybridized carbons (Fsp3) is 1.00. The van der Waals surface area contributed by atoms with E-state index in [0.29, 0.717) is 24.6 Å². The van der Waals surface area contributed by atoms with Gasteiger partial charge in [0.2, 0.25) is 0 Å². The molecule has 0 aliphatic carbocycles. The van der Waals surface area contributed by atoms with Gasteiger partial charge < -0.3 is 20.3 Å². The molecule has 1 saturated heterocycles. The van der Waals surface area contributed by atoms with Gasteiger partial charge in [-0.3, -0.25) is 0 Å². The molecule has 0 aromatic rings. The molecule has 0 radical (unpaired) electrons. The van der Waals surface area contributed by atoms with Crippen LogP contribution in [-0.4, -0.2) is 48.2 Å². The van der Waals surface area contributed by atoms with Gasteiger partial charge in [-0.05, 0) is 18.8 Å². The summed E-state index contributed by atoms with van der Waals surface area (Å²) < 4.78 is 5.65. The highest BCUT2D eigenvalue weighted by Crippen LogP contribution is 2.19. The Morgan fingerprint density at radius 2 is 2.20 bits per heavy atom. The first-order chi connectivity index (χ1) is 7.13. The monoisotopic (exact) mass is 217 g/mol. The number of aliphatic hydroxyl groups excluding tert-OH is 2. The van der Waals surface area contributed by atoms with Crippen LogP contribution < -0.4 is 5.32 Å². The standard InChI is InChI=1S/C11H23NO3/c1-8(2)11-5-9(3-4-15-11)12-6-10(14)7-13/h8-14H,3-7H2,1-2H3. The quantitative estimate of drug-likeness (QED) is 0.613. The zero-order valence-corrected chi connectivity index (χ0v) is 9.65. The van der Waals surface area contributed by atoms with Crippen molar-refractivity contribution in [2.75, 3.05) is 19.8 Å². The van der Waals surface area contributed by atoms with Crippen LogP contribution in [0.15, 0.2) is 0 Å². The van der Waals surface area contributed by atoms with Gasteiger partial charge in [-0.1, -0.05) is 13.8 Å². The lowest BCUT2D eigenvalue weighted by atomic mass is 9.95. The Hall–Kier alpha value is -0.160. The van der Waals surface area contributed by atoms with Crippen molar-refractivity contribution >= 4 is 0 Å². The first kappa shape index (κ1) is 12.9. The molecule has 0 aromatic carbocycles. The minimum Gasteiger partial charge on any atom is -0.394 e. The normalized spacial score (nSPS) is 29.4. The van der Waals surface area contributed by atoms with Crippen molar-refractivity contribution in [1.82, 2.24) is 5.32 Å². The van der Waals surface area contributed by atoms with Gasteiger partial charge >= 0.3 is 0 Å². The molecule has 0 saturated carbocycles. The highest BCUT2D eigenvalue weighted by molar-refractivity contribution is 4.79. The first-order valence-corrected chi connectivity index (χ1v) is 5.77. The molecular formula is C11H23NO3. The summed E-state index contributed by atoms with van der Waals surface area (Å²) in [5.74, 6) is 0.539. The van der Waals surface area contributed by atoms with Gasteiger partial charge in [-0.2, -0.15) is 0 Å². The molecule has 15 heavy (non-hydrogen) atoms. The fourth-order valence-electron chi connectivity index (χ4n) is 1.85. The Kier molecular flexibility index (Phi) is 5.53. The predicted octanol–water partition coefficient (Wildman–Crippen LogP) is 0.133. The van der Waals surface area contributed by atoms with Crippen LogP contribution in [0.25, 0.3) is 0 Å².